The normalized spacial score (nSPS) is 21.8. The summed E-state index contributed by atoms with van der Waals surface area (Å²) < 4.78 is 122. The van der Waals surface area contributed by atoms with E-state index in [9.17, 15) is 44.3 Å². The van der Waals surface area contributed by atoms with E-state index in [1.54, 1.807) is 0 Å². The molecule has 5 rings (SSSR count). The van der Waals surface area contributed by atoms with Crippen LogP contribution in [0.4, 0.5) is 45.3 Å². The Morgan fingerprint density at radius 2 is 1.47 bits per heavy atom. The van der Waals surface area contributed by atoms with Crippen molar-refractivity contribution in [3.63, 3.8) is 0 Å². The number of nitrogens with zero attached hydrogens (tertiary/aromatic N) is 5. The number of halogens is 9. The molecule has 1 saturated heterocycles. The minimum absolute atomic E-state index is 0.0872. The van der Waals surface area contributed by atoms with Gasteiger partial charge in [0.15, 0.2) is 0 Å². The first-order valence-corrected chi connectivity index (χ1v) is 11.2. The summed E-state index contributed by atoms with van der Waals surface area (Å²) in [4.78, 5) is 25.3. The molecule has 0 N–H and O–H groups in total. The predicted octanol–water partition coefficient (Wildman–Crippen LogP) is 5.81. The first-order chi connectivity index (χ1) is 17.6. The van der Waals surface area contributed by atoms with Crippen LogP contribution in [-0.4, -0.2) is 25.6 Å². The lowest BCUT2D eigenvalue weighted by atomic mass is 9.97. The van der Waals surface area contributed by atoms with Crippen LogP contribution in [0.25, 0.3) is 5.82 Å². The monoisotopic (exact) mass is 549 g/mol. The van der Waals surface area contributed by atoms with Crippen LogP contribution in [0.5, 0.6) is 0 Å². The van der Waals surface area contributed by atoms with Gasteiger partial charge in [-0.3, -0.25) is 4.79 Å². The second-order valence-electron chi connectivity index (χ2n) is 9.03. The number of hydrogen-bond acceptors (Lipinski definition) is 5. The second kappa shape index (κ2) is 8.70. The van der Waals surface area contributed by atoms with E-state index in [4.69, 9.17) is 0 Å². The van der Waals surface area contributed by atoms with Crippen LogP contribution in [0, 0.1) is 5.92 Å². The van der Waals surface area contributed by atoms with Gasteiger partial charge in [0.2, 0.25) is 0 Å². The van der Waals surface area contributed by atoms with Crippen LogP contribution in [0.2, 0.25) is 0 Å². The van der Waals surface area contributed by atoms with Crippen molar-refractivity contribution in [2.45, 2.75) is 49.9 Å². The highest BCUT2D eigenvalue weighted by Gasteiger charge is 2.50. The molecular weight excluding hydrogens is 533 g/mol. The Morgan fingerprint density at radius 1 is 0.789 bits per heavy atom. The average Bonchev–Trinajstić information content (AvgIpc) is 3.44. The lowest BCUT2D eigenvalue weighted by Crippen LogP contribution is -2.40. The zero-order chi connectivity index (χ0) is 27.6. The van der Waals surface area contributed by atoms with Crippen molar-refractivity contribution < 1.29 is 39.5 Å². The summed E-state index contributed by atoms with van der Waals surface area (Å²) in [5.41, 5.74) is -5.43. The Bertz CT molecular complexity index is 1400. The molecule has 2 bridgehead atoms. The first kappa shape index (κ1) is 26.0. The Balaban J connectivity index is 1.69. The second-order valence-corrected chi connectivity index (χ2v) is 9.03. The number of anilines is 1. The number of piperidine rings is 1. The number of fused-ring (bicyclic) bond motifs is 2. The fraction of sp³-hybridized carbons (Fsp3) is 0.391. The molecule has 0 radical (unpaired) electrons. The summed E-state index contributed by atoms with van der Waals surface area (Å²) >= 11 is 0. The molecule has 0 unspecified atom stereocenters. The van der Waals surface area contributed by atoms with E-state index in [1.807, 2.05) is 0 Å². The molecule has 2 aliphatic rings. The molecule has 1 aliphatic heterocycles. The van der Waals surface area contributed by atoms with Crippen molar-refractivity contribution in [3.8, 4) is 5.82 Å². The summed E-state index contributed by atoms with van der Waals surface area (Å²) in [6, 6.07) is 2.65. The molecule has 0 amide bonds. The topological polar surface area (TPSA) is 63.9 Å². The van der Waals surface area contributed by atoms with Gasteiger partial charge in [0.1, 0.15) is 28.8 Å². The Labute approximate surface area is 207 Å². The van der Waals surface area contributed by atoms with Crippen molar-refractivity contribution in [1.82, 2.24) is 19.5 Å². The highest BCUT2D eigenvalue weighted by atomic mass is 19.4. The zero-order valence-corrected chi connectivity index (χ0v) is 18.9. The first-order valence-electron chi connectivity index (χ1n) is 11.2. The largest absolute Gasteiger partial charge is 0.433 e. The third-order valence-corrected chi connectivity index (χ3v) is 6.67. The number of alkyl halides is 9. The van der Waals surface area contributed by atoms with E-state index in [-0.39, 0.29) is 17.8 Å². The molecule has 1 saturated carbocycles. The maximum Gasteiger partial charge on any atom is 0.433 e. The molecule has 6 nitrogen and oxygen atoms in total. The van der Waals surface area contributed by atoms with Crippen molar-refractivity contribution in [3.05, 3.63) is 75.7 Å². The van der Waals surface area contributed by atoms with Crippen LogP contribution in [0.15, 0.2) is 47.4 Å². The van der Waals surface area contributed by atoms with Crippen LogP contribution in [-0.2, 0) is 18.5 Å². The Hall–Kier alpha value is -3.65. The molecule has 1 aliphatic carbocycles. The Kier molecular flexibility index (Phi) is 5.95. The van der Waals surface area contributed by atoms with Gasteiger partial charge in [-0.1, -0.05) is 6.07 Å². The van der Waals surface area contributed by atoms with Crippen molar-refractivity contribution in [2.75, 3.05) is 4.90 Å². The van der Waals surface area contributed by atoms with E-state index in [1.165, 1.54) is 4.90 Å². The lowest BCUT2D eigenvalue weighted by molar-refractivity contribution is -0.145. The van der Waals surface area contributed by atoms with Gasteiger partial charge in [0.05, 0.1) is 11.6 Å². The summed E-state index contributed by atoms with van der Waals surface area (Å²) in [5.74, 6) is -1.59. The molecule has 38 heavy (non-hydrogen) atoms. The SMILES string of the molecule is O=c1ccnc([C@@H]2[C@H]3CC[C@H](C3)N2c2cc(C(F)(F)F)cc(C(F)(F)F)n2)n1-c1cccc(C(F)(F)F)n1. The molecule has 15 heteroatoms. The van der Waals surface area contributed by atoms with Gasteiger partial charge >= 0.3 is 18.5 Å². The van der Waals surface area contributed by atoms with Crippen molar-refractivity contribution >= 4 is 5.82 Å². The van der Waals surface area contributed by atoms with Crippen LogP contribution in [0.1, 0.15) is 48.1 Å². The van der Waals surface area contributed by atoms with Gasteiger partial charge in [0, 0.05) is 18.3 Å². The summed E-state index contributed by atoms with van der Waals surface area (Å²) in [7, 11) is 0. The predicted molar refractivity (Wildman–Crippen MR) is 113 cm³/mol. The smallest absolute Gasteiger partial charge is 0.343 e. The van der Waals surface area contributed by atoms with Gasteiger partial charge in [0.25, 0.3) is 5.56 Å². The number of rotatable bonds is 3. The van der Waals surface area contributed by atoms with Crippen LogP contribution >= 0.6 is 0 Å². The average molecular weight is 549 g/mol. The van der Waals surface area contributed by atoms with Crippen LogP contribution < -0.4 is 10.5 Å². The summed E-state index contributed by atoms with van der Waals surface area (Å²) in [6.07, 6.45) is -12.8. The van der Waals surface area contributed by atoms with E-state index in [0.717, 1.165) is 29.0 Å². The Morgan fingerprint density at radius 3 is 2.13 bits per heavy atom. The minimum atomic E-state index is -5.18. The van der Waals surface area contributed by atoms with Crippen molar-refractivity contribution in [2.24, 2.45) is 5.92 Å². The highest BCUT2D eigenvalue weighted by molar-refractivity contribution is 5.50. The van der Waals surface area contributed by atoms with Gasteiger partial charge < -0.3 is 4.90 Å². The molecule has 3 atom stereocenters. The number of aromatic nitrogens is 4. The summed E-state index contributed by atoms with van der Waals surface area (Å²) in [6.45, 7) is 0. The van der Waals surface area contributed by atoms with Gasteiger partial charge in [-0.25, -0.2) is 19.5 Å². The molecular formula is C23H16F9N5O. The molecule has 0 aromatic carbocycles. The highest BCUT2D eigenvalue weighted by Crippen LogP contribution is 2.52. The molecule has 3 aromatic rings. The minimum Gasteiger partial charge on any atom is -0.343 e. The molecule has 202 valence electrons. The van der Waals surface area contributed by atoms with E-state index in [0.29, 0.717) is 31.4 Å². The van der Waals surface area contributed by atoms with Gasteiger partial charge in [-0.15, -0.1) is 0 Å². The zero-order valence-electron chi connectivity index (χ0n) is 18.9. The van der Waals surface area contributed by atoms with E-state index < -0.39 is 64.8 Å². The maximum atomic E-state index is 13.5. The molecule has 3 aromatic heterocycles. The number of pyridine rings is 2. The van der Waals surface area contributed by atoms with Gasteiger partial charge in [-0.05, 0) is 49.4 Å². The maximum absolute atomic E-state index is 13.5. The van der Waals surface area contributed by atoms with Crippen molar-refractivity contribution in [1.29, 1.82) is 0 Å². The van der Waals surface area contributed by atoms with E-state index >= 15 is 0 Å². The molecule has 2 fully saturated rings. The number of hydrogen-bond donors (Lipinski definition) is 0. The summed E-state index contributed by atoms with van der Waals surface area (Å²) in [5, 5.41) is 0. The third-order valence-electron chi connectivity index (χ3n) is 6.67. The van der Waals surface area contributed by atoms with Crippen LogP contribution in [0.3, 0.4) is 0 Å². The lowest BCUT2D eigenvalue weighted by Gasteiger charge is -2.37. The quantitative estimate of drug-likeness (QED) is 0.386. The fourth-order valence-corrected chi connectivity index (χ4v) is 5.17. The third kappa shape index (κ3) is 4.58. The fourth-order valence-electron chi connectivity index (χ4n) is 5.17. The molecule has 0 spiro atoms. The standard InChI is InChI=1S/C23H16F9N5O/c24-21(25,26)12-9-15(23(30,31)32)35-17(10-12)36-13-5-4-11(8-13)19(36)20-33-7-6-18(38)37(20)16-3-1-2-14(34-16)22(27,28)29/h1-3,6-7,9-11,13,19H,4-5,8H2/t11-,13+,19-/m0/s1. The van der Waals surface area contributed by atoms with Gasteiger partial charge in [-0.2, -0.15) is 39.5 Å². The molecule has 4 heterocycles. The van der Waals surface area contributed by atoms with E-state index in [2.05, 4.69) is 15.0 Å².